The Bertz CT molecular complexity index is 802. The molecule has 0 aliphatic carbocycles. The molecule has 5 nitrogen and oxygen atoms in total. The number of anilines is 1. The van der Waals surface area contributed by atoms with Crippen LogP contribution in [-0.2, 0) is 6.54 Å². The van der Waals surface area contributed by atoms with Crippen LogP contribution in [0.5, 0.6) is 11.5 Å². The van der Waals surface area contributed by atoms with Crippen molar-refractivity contribution in [3.05, 3.63) is 40.2 Å². The molecule has 0 saturated carbocycles. The fourth-order valence-corrected chi connectivity index (χ4v) is 2.57. The summed E-state index contributed by atoms with van der Waals surface area (Å²) in [4.78, 5) is 12.9. The molecule has 2 rings (SSSR count). The van der Waals surface area contributed by atoms with Crippen molar-refractivity contribution >= 4 is 16.6 Å². The largest absolute Gasteiger partial charge is 0.488 e. The Labute approximate surface area is 142 Å². The quantitative estimate of drug-likeness (QED) is 0.620. The number of hydrogen-bond donors (Lipinski definition) is 1. The fraction of sp³-hybridized carbons (Fsp3) is 0.421. The van der Waals surface area contributed by atoms with Crippen molar-refractivity contribution < 1.29 is 9.47 Å². The maximum Gasteiger partial charge on any atom is 0.297 e. The van der Waals surface area contributed by atoms with E-state index in [9.17, 15) is 4.79 Å². The van der Waals surface area contributed by atoms with E-state index in [1.54, 1.807) is 4.57 Å². The van der Waals surface area contributed by atoms with E-state index in [1.807, 2.05) is 38.1 Å². The van der Waals surface area contributed by atoms with Crippen molar-refractivity contribution in [1.82, 2.24) is 4.57 Å². The van der Waals surface area contributed by atoms with Crippen LogP contribution in [0.4, 0.5) is 5.69 Å². The second kappa shape index (κ2) is 7.90. The summed E-state index contributed by atoms with van der Waals surface area (Å²) >= 11 is 0. The van der Waals surface area contributed by atoms with E-state index in [4.69, 9.17) is 15.2 Å². The van der Waals surface area contributed by atoms with Crippen molar-refractivity contribution in [2.24, 2.45) is 0 Å². The van der Waals surface area contributed by atoms with Crippen molar-refractivity contribution in [2.75, 3.05) is 19.5 Å². The second-order valence-electron chi connectivity index (χ2n) is 6.04. The average molecular weight is 330 g/mol. The van der Waals surface area contributed by atoms with Gasteiger partial charge in [0.2, 0.25) is 5.75 Å². The highest BCUT2D eigenvalue weighted by Gasteiger charge is 2.18. The first-order valence-corrected chi connectivity index (χ1v) is 8.25. The number of nitrogen functional groups attached to an aromatic ring is 1. The van der Waals surface area contributed by atoms with E-state index < -0.39 is 0 Å². The Kier molecular flexibility index (Phi) is 5.90. The summed E-state index contributed by atoms with van der Waals surface area (Å²) in [7, 11) is 1.50. The van der Waals surface area contributed by atoms with Gasteiger partial charge in [0.25, 0.3) is 5.56 Å². The van der Waals surface area contributed by atoms with Crippen LogP contribution in [0.3, 0.4) is 0 Å². The van der Waals surface area contributed by atoms with Gasteiger partial charge >= 0.3 is 0 Å². The SMILES string of the molecule is CCCCn1c(=O)c(OC)c(OCC=C(C)C)c2ccc(N)cc21. The summed E-state index contributed by atoms with van der Waals surface area (Å²) in [5.41, 5.74) is 8.30. The average Bonchev–Trinajstić information content (AvgIpc) is 2.54. The summed E-state index contributed by atoms with van der Waals surface area (Å²) in [5.74, 6) is 0.716. The molecule has 0 bridgehead atoms. The number of methoxy groups -OCH3 is 1. The molecule has 1 heterocycles. The molecule has 0 aliphatic heterocycles. The van der Waals surface area contributed by atoms with Gasteiger partial charge in [-0.15, -0.1) is 0 Å². The lowest BCUT2D eigenvalue weighted by molar-refractivity contribution is 0.324. The van der Waals surface area contributed by atoms with Crippen LogP contribution in [0.1, 0.15) is 33.6 Å². The minimum atomic E-state index is -0.184. The molecule has 0 aliphatic rings. The molecule has 24 heavy (non-hydrogen) atoms. The molecule has 0 fully saturated rings. The highest BCUT2D eigenvalue weighted by molar-refractivity contribution is 5.90. The van der Waals surface area contributed by atoms with Gasteiger partial charge in [-0.1, -0.05) is 18.9 Å². The Morgan fingerprint density at radius 2 is 2.04 bits per heavy atom. The van der Waals surface area contributed by atoms with Crippen LogP contribution in [0, 0.1) is 0 Å². The van der Waals surface area contributed by atoms with Gasteiger partial charge in [0.15, 0.2) is 5.75 Å². The zero-order valence-corrected chi connectivity index (χ0v) is 14.9. The molecule has 1 aromatic carbocycles. The number of nitrogens with two attached hydrogens (primary N) is 1. The monoisotopic (exact) mass is 330 g/mol. The lowest BCUT2D eigenvalue weighted by atomic mass is 10.1. The molecular weight excluding hydrogens is 304 g/mol. The molecule has 0 amide bonds. The number of fused-ring (bicyclic) bond motifs is 1. The van der Waals surface area contributed by atoms with Crippen molar-refractivity contribution in [3.8, 4) is 11.5 Å². The summed E-state index contributed by atoms with van der Waals surface area (Å²) in [5, 5.41) is 0.832. The smallest absolute Gasteiger partial charge is 0.297 e. The van der Waals surface area contributed by atoms with E-state index in [-0.39, 0.29) is 11.3 Å². The van der Waals surface area contributed by atoms with Crippen molar-refractivity contribution in [2.45, 2.75) is 40.2 Å². The molecule has 0 spiro atoms. The summed E-state index contributed by atoms with van der Waals surface area (Å²) in [6.45, 7) is 7.11. The molecule has 0 atom stereocenters. The first-order valence-electron chi connectivity index (χ1n) is 8.25. The predicted octanol–water partition coefficient (Wildman–Crippen LogP) is 3.74. The topological polar surface area (TPSA) is 66.5 Å². The minimum absolute atomic E-state index is 0.184. The lowest BCUT2D eigenvalue weighted by Gasteiger charge is -2.17. The number of hydrogen-bond acceptors (Lipinski definition) is 4. The molecule has 5 heteroatoms. The highest BCUT2D eigenvalue weighted by Crippen LogP contribution is 2.33. The van der Waals surface area contributed by atoms with Gasteiger partial charge in [-0.2, -0.15) is 0 Å². The zero-order valence-electron chi connectivity index (χ0n) is 14.9. The fourth-order valence-electron chi connectivity index (χ4n) is 2.57. The van der Waals surface area contributed by atoms with Gasteiger partial charge in [-0.25, -0.2) is 0 Å². The molecule has 1 aromatic heterocycles. The third-order valence-corrected chi connectivity index (χ3v) is 3.86. The molecule has 0 unspecified atom stereocenters. The first-order chi connectivity index (χ1) is 11.5. The number of aromatic nitrogens is 1. The number of unbranched alkanes of at least 4 members (excludes halogenated alkanes) is 1. The number of nitrogens with zero attached hydrogens (tertiary/aromatic N) is 1. The van der Waals surface area contributed by atoms with Crippen LogP contribution in [0.15, 0.2) is 34.6 Å². The van der Waals surface area contributed by atoms with E-state index >= 15 is 0 Å². The number of ether oxygens (including phenoxy) is 2. The summed E-state index contributed by atoms with van der Waals surface area (Å²) in [6, 6.07) is 5.51. The standard InChI is InChI=1S/C19H26N2O3/c1-5-6-10-21-16-12-14(20)7-8-15(16)17(18(23-4)19(21)22)24-11-9-13(2)3/h7-9,12H,5-6,10-11,20H2,1-4H3. The van der Waals surface area contributed by atoms with Gasteiger partial charge in [0, 0.05) is 17.6 Å². The van der Waals surface area contributed by atoms with Gasteiger partial charge in [-0.05, 0) is 44.5 Å². The van der Waals surface area contributed by atoms with Gasteiger partial charge in [-0.3, -0.25) is 4.79 Å². The summed E-state index contributed by atoms with van der Waals surface area (Å²) < 4.78 is 13.0. The van der Waals surface area contributed by atoms with E-state index in [0.717, 1.165) is 29.3 Å². The number of rotatable bonds is 7. The van der Waals surface area contributed by atoms with Crippen molar-refractivity contribution in [3.63, 3.8) is 0 Å². The number of benzene rings is 1. The van der Waals surface area contributed by atoms with Crippen LogP contribution < -0.4 is 20.8 Å². The van der Waals surface area contributed by atoms with Crippen LogP contribution in [0.25, 0.3) is 10.9 Å². The third kappa shape index (κ3) is 3.72. The maximum atomic E-state index is 12.9. The lowest BCUT2D eigenvalue weighted by Crippen LogP contribution is -2.23. The van der Waals surface area contributed by atoms with Crippen LogP contribution in [0.2, 0.25) is 0 Å². The molecule has 2 N–H and O–H groups in total. The number of aryl methyl sites for hydroxylation is 1. The third-order valence-electron chi connectivity index (χ3n) is 3.86. The molecular formula is C19H26N2O3. The number of pyridine rings is 1. The van der Waals surface area contributed by atoms with E-state index in [0.29, 0.717) is 24.6 Å². The maximum absolute atomic E-state index is 12.9. The molecule has 130 valence electrons. The highest BCUT2D eigenvalue weighted by atomic mass is 16.5. The molecule has 0 radical (unpaired) electrons. The van der Waals surface area contributed by atoms with Gasteiger partial charge in [0.1, 0.15) is 6.61 Å². The number of allylic oxidation sites excluding steroid dienone is 1. The Morgan fingerprint density at radius 1 is 1.29 bits per heavy atom. The Hall–Kier alpha value is -2.43. The van der Waals surface area contributed by atoms with E-state index in [2.05, 4.69) is 6.92 Å². The van der Waals surface area contributed by atoms with Gasteiger partial charge in [0.05, 0.1) is 12.6 Å². The zero-order chi connectivity index (χ0) is 17.7. The Morgan fingerprint density at radius 3 is 2.67 bits per heavy atom. The minimum Gasteiger partial charge on any atom is -0.488 e. The Balaban J connectivity index is 2.67. The summed E-state index contributed by atoms with van der Waals surface area (Å²) in [6.07, 6.45) is 3.87. The van der Waals surface area contributed by atoms with Gasteiger partial charge < -0.3 is 19.8 Å². The molecule has 0 saturated heterocycles. The van der Waals surface area contributed by atoms with Crippen molar-refractivity contribution in [1.29, 1.82) is 0 Å². The normalized spacial score (nSPS) is 10.7. The van der Waals surface area contributed by atoms with E-state index in [1.165, 1.54) is 7.11 Å². The second-order valence-corrected chi connectivity index (χ2v) is 6.04. The first kappa shape index (κ1) is 17.9. The molecule has 2 aromatic rings. The predicted molar refractivity (Wildman–Crippen MR) is 99.0 cm³/mol. The van der Waals surface area contributed by atoms with Crippen LogP contribution >= 0.6 is 0 Å². The van der Waals surface area contributed by atoms with Crippen LogP contribution in [-0.4, -0.2) is 18.3 Å².